The zero-order valence-corrected chi connectivity index (χ0v) is 12.7. The van der Waals surface area contributed by atoms with Crippen molar-refractivity contribution in [2.24, 2.45) is 5.92 Å². The van der Waals surface area contributed by atoms with Crippen LogP contribution in [-0.4, -0.2) is 52.8 Å². The number of aryl methyl sites for hydroxylation is 1. The van der Waals surface area contributed by atoms with E-state index in [4.69, 9.17) is 4.74 Å². The fourth-order valence-corrected chi connectivity index (χ4v) is 3.60. The molecule has 6 heteroatoms. The number of aliphatic hydroxyl groups excluding tert-OH is 1. The molecule has 1 aromatic rings. The molecule has 0 radical (unpaired) electrons. The van der Waals surface area contributed by atoms with Crippen LogP contribution in [0.3, 0.4) is 0 Å². The van der Waals surface area contributed by atoms with Crippen LogP contribution >= 0.6 is 0 Å². The molecule has 1 aliphatic heterocycles. The fraction of sp³-hybridized carbons (Fsp3) is 0.625. The van der Waals surface area contributed by atoms with E-state index in [0.29, 0.717) is 30.8 Å². The van der Waals surface area contributed by atoms with Crippen molar-refractivity contribution < 1.29 is 14.6 Å². The van der Waals surface area contributed by atoms with E-state index < -0.39 is 0 Å². The number of rotatable bonds is 3. The van der Waals surface area contributed by atoms with Crippen molar-refractivity contribution in [2.75, 3.05) is 19.8 Å². The number of carbonyl (C=O) groups is 1. The third kappa shape index (κ3) is 2.68. The minimum absolute atomic E-state index is 0.0164. The topological polar surface area (TPSA) is 82.6 Å². The first-order chi connectivity index (χ1) is 10.6. The first-order valence-corrected chi connectivity index (χ1v) is 7.89. The second kappa shape index (κ2) is 6.22. The third-order valence-corrected chi connectivity index (χ3v) is 4.74. The summed E-state index contributed by atoms with van der Waals surface area (Å²) in [5.74, 6) is 0.148. The molecular formula is C16H22N2O4. The van der Waals surface area contributed by atoms with Crippen molar-refractivity contribution in [3.05, 3.63) is 33.7 Å². The molecule has 1 amide bonds. The molecule has 1 saturated heterocycles. The average Bonchev–Trinajstić information content (AvgIpc) is 2.97. The van der Waals surface area contributed by atoms with Crippen LogP contribution in [0.4, 0.5) is 0 Å². The van der Waals surface area contributed by atoms with Gasteiger partial charge in [0.1, 0.15) is 0 Å². The molecular weight excluding hydrogens is 284 g/mol. The second-order valence-electron chi connectivity index (χ2n) is 6.06. The maximum absolute atomic E-state index is 12.9. The Labute approximate surface area is 129 Å². The highest BCUT2D eigenvalue weighted by molar-refractivity contribution is 5.95. The Kier molecular flexibility index (Phi) is 4.31. The van der Waals surface area contributed by atoms with Crippen LogP contribution in [0.2, 0.25) is 0 Å². The molecule has 2 fully saturated rings. The summed E-state index contributed by atoms with van der Waals surface area (Å²) < 4.78 is 5.76. The maximum atomic E-state index is 12.9. The number of aromatic amines is 1. The first-order valence-electron chi connectivity index (χ1n) is 7.89. The van der Waals surface area contributed by atoms with E-state index in [-0.39, 0.29) is 36.1 Å². The summed E-state index contributed by atoms with van der Waals surface area (Å²) in [6, 6.07) is 3.04. The van der Waals surface area contributed by atoms with Gasteiger partial charge in [0, 0.05) is 24.9 Å². The molecule has 2 aliphatic rings. The molecule has 1 aliphatic carbocycles. The van der Waals surface area contributed by atoms with E-state index in [0.717, 1.165) is 12.8 Å². The summed E-state index contributed by atoms with van der Waals surface area (Å²) in [6.07, 6.45) is 2.20. The maximum Gasteiger partial charge on any atom is 0.256 e. The second-order valence-corrected chi connectivity index (χ2v) is 6.06. The first kappa shape index (κ1) is 15.2. The van der Waals surface area contributed by atoms with Crippen molar-refractivity contribution in [1.82, 2.24) is 9.88 Å². The lowest BCUT2D eigenvalue weighted by atomic mass is 10.1. The molecule has 3 atom stereocenters. The Hall–Kier alpha value is -1.66. The molecule has 120 valence electrons. The van der Waals surface area contributed by atoms with Gasteiger partial charge in [-0.2, -0.15) is 0 Å². The largest absolute Gasteiger partial charge is 0.396 e. The number of hydrogen-bond donors (Lipinski definition) is 2. The van der Waals surface area contributed by atoms with E-state index in [2.05, 4.69) is 4.98 Å². The van der Waals surface area contributed by atoms with Crippen LogP contribution in [0.5, 0.6) is 0 Å². The van der Waals surface area contributed by atoms with Gasteiger partial charge < -0.3 is 19.7 Å². The number of aromatic nitrogens is 1. The number of carbonyl (C=O) groups excluding carboxylic acids is 1. The number of morpholine rings is 1. The van der Waals surface area contributed by atoms with Crippen molar-refractivity contribution in [3.63, 3.8) is 0 Å². The number of hydrogen-bond acceptors (Lipinski definition) is 4. The molecule has 0 aromatic carbocycles. The lowest BCUT2D eigenvalue weighted by Gasteiger charge is -2.38. The van der Waals surface area contributed by atoms with Gasteiger partial charge in [0.05, 0.1) is 24.3 Å². The Morgan fingerprint density at radius 3 is 3.00 bits per heavy atom. The van der Waals surface area contributed by atoms with E-state index in [1.165, 1.54) is 6.07 Å². The van der Waals surface area contributed by atoms with E-state index in [1.807, 2.05) is 11.8 Å². The highest BCUT2D eigenvalue weighted by atomic mass is 16.5. The van der Waals surface area contributed by atoms with Crippen LogP contribution in [-0.2, 0) is 11.2 Å². The number of amides is 1. The van der Waals surface area contributed by atoms with E-state index in [9.17, 15) is 14.7 Å². The summed E-state index contributed by atoms with van der Waals surface area (Å²) in [5, 5.41) is 9.37. The number of fused-ring (bicyclic) bond motifs is 1. The highest BCUT2D eigenvalue weighted by Crippen LogP contribution is 2.34. The number of pyridine rings is 1. The summed E-state index contributed by atoms with van der Waals surface area (Å²) in [5.41, 5.74) is 1.06. The zero-order chi connectivity index (χ0) is 15.7. The summed E-state index contributed by atoms with van der Waals surface area (Å²) in [7, 11) is 0. The van der Waals surface area contributed by atoms with Gasteiger partial charge in [-0.05, 0) is 31.2 Å². The van der Waals surface area contributed by atoms with Crippen molar-refractivity contribution in [3.8, 4) is 0 Å². The standard InChI is InChI=1S/C16H22N2O4/c1-2-12-11(3-4-15(20)17-12)16(21)18-5-6-22-14-8-10(9-19)7-13(14)18/h3-4,10,13-14,19H,2,5-9H2,1H3,(H,17,20)/t10-,13+,14+/m1/s1. The molecule has 0 bridgehead atoms. The van der Waals surface area contributed by atoms with Crippen LogP contribution in [0.1, 0.15) is 35.8 Å². The van der Waals surface area contributed by atoms with Gasteiger partial charge >= 0.3 is 0 Å². The molecule has 2 heterocycles. The predicted molar refractivity (Wildman–Crippen MR) is 80.8 cm³/mol. The van der Waals surface area contributed by atoms with Gasteiger partial charge in [-0.3, -0.25) is 9.59 Å². The van der Waals surface area contributed by atoms with Crippen LogP contribution in [0.15, 0.2) is 16.9 Å². The van der Waals surface area contributed by atoms with Gasteiger partial charge in [0.2, 0.25) is 5.56 Å². The molecule has 3 rings (SSSR count). The van der Waals surface area contributed by atoms with Gasteiger partial charge in [-0.25, -0.2) is 0 Å². The van der Waals surface area contributed by atoms with Crippen LogP contribution < -0.4 is 5.56 Å². The monoisotopic (exact) mass is 306 g/mol. The summed E-state index contributed by atoms with van der Waals surface area (Å²) in [6.45, 7) is 3.13. The molecule has 1 saturated carbocycles. The summed E-state index contributed by atoms with van der Waals surface area (Å²) in [4.78, 5) is 29.0. The Morgan fingerprint density at radius 1 is 1.45 bits per heavy atom. The molecule has 2 N–H and O–H groups in total. The third-order valence-electron chi connectivity index (χ3n) is 4.74. The average molecular weight is 306 g/mol. The number of ether oxygens (including phenoxy) is 1. The number of aliphatic hydroxyl groups is 1. The molecule has 0 spiro atoms. The van der Waals surface area contributed by atoms with Crippen molar-refractivity contribution in [2.45, 2.75) is 38.3 Å². The van der Waals surface area contributed by atoms with Crippen molar-refractivity contribution in [1.29, 1.82) is 0 Å². The zero-order valence-electron chi connectivity index (χ0n) is 12.7. The Bertz CT molecular complexity index is 612. The minimum Gasteiger partial charge on any atom is -0.396 e. The fourth-order valence-electron chi connectivity index (χ4n) is 3.60. The SMILES string of the molecule is CCc1[nH]c(=O)ccc1C(=O)N1CCO[C@H]2C[C@H](CO)C[C@@H]21. The highest BCUT2D eigenvalue weighted by Gasteiger charge is 2.43. The predicted octanol–water partition coefficient (Wildman–Crippen LogP) is 0.549. The normalized spacial score (nSPS) is 27.7. The Morgan fingerprint density at radius 2 is 2.27 bits per heavy atom. The number of H-pyrrole nitrogens is 1. The molecule has 0 unspecified atom stereocenters. The van der Waals surface area contributed by atoms with Crippen molar-refractivity contribution >= 4 is 5.91 Å². The van der Waals surface area contributed by atoms with Gasteiger partial charge in [0.25, 0.3) is 5.91 Å². The lowest BCUT2D eigenvalue weighted by Crippen LogP contribution is -2.51. The quantitative estimate of drug-likeness (QED) is 0.854. The smallest absolute Gasteiger partial charge is 0.256 e. The van der Waals surface area contributed by atoms with Gasteiger partial charge in [-0.15, -0.1) is 0 Å². The Balaban J connectivity index is 1.87. The van der Waals surface area contributed by atoms with Crippen LogP contribution in [0.25, 0.3) is 0 Å². The molecule has 22 heavy (non-hydrogen) atoms. The van der Waals surface area contributed by atoms with E-state index in [1.54, 1.807) is 6.07 Å². The van der Waals surface area contributed by atoms with Gasteiger partial charge in [0.15, 0.2) is 0 Å². The van der Waals surface area contributed by atoms with Gasteiger partial charge in [-0.1, -0.05) is 6.92 Å². The molecule has 1 aromatic heterocycles. The molecule has 6 nitrogen and oxygen atoms in total. The number of nitrogens with zero attached hydrogens (tertiary/aromatic N) is 1. The lowest BCUT2D eigenvalue weighted by molar-refractivity contribution is -0.0449. The number of nitrogens with one attached hydrogen (secondary N) is 1. The summed E-state index contributed by atoms with van der Waals surface area (Å²) >= 11 is 0. The van der Waals surface area contributed by atoms with E-state index >= 15 is 0 Å². The van der Waals surface area contributed by atoms with Crippen LogP contribution in [0, 0.1) is 5.92 Å². The minimum atomic E-state index is -0.186.